The lowest BCUT2D eigenvalue weighted by Crippen LogP contribution is -2.46. The van der Waals surface area contributed by atoms with Crippen LogP contribution < -0.4 is 16.2 Å². The molecule has 0 bridgehead atoms. The van der Waals surface area contributed by atoms with E-state index in [0.717, 1.165) is 5.56 Å². The number of hydrogen-bond donors (Lipinski definition) is 4. The number of carbonyl (C=O) groups is 1. The fourth-order valence-corrected chi connectivity index (χ4v) is 3.01. The van der Waals surface area contributed by atoms with Crippen molar-refractivity contribution in [2.24, 2.45) is 0 Å². The van der Waals surface area contributed by atoms with Gasteiger partial charge in [0.1, 0.15) is 5.75 Å². The van der Waals surface area contributed by atoms with Crippen LogP contribution in [0.1, 0.15) is 15.9 Å². The van der Waals surface area contributed by atoms with E-state index < -0.39 is 0 Å². The first kappa shape index (κ1) is 17.7. The zero-order valence-corrected chi connectivity index (χ0v) is 15.8. The minimum atomic E-state index is -0.379. The largest absolute Gasteiger partial charge is 0.506 e. The Hall–Kier alpha value is -1.64. The van der Waals surface area contributed by atoms with Crippen LogP contribution >= 0.6 is 44.1 Å². The van der Waals surface area contributed by atoms with E-state index in [4.69, 9.17) is 12.2 Å². The van der Waals surface area contributed by atoms with Crippen LogP contribution in [0, 0.1) is 0 Å². The molecular weight excluding hydrogens is 446 g/mol. The van der Waals surface area contributed by atoms with Crippen LogP contribution in [0.25, 0.3) is 0 Å². The second kappa shape index (κ2) is 8.28. The van der Waals surface area contributed by atoms with Gasteiger partial charge < -0.3 is 10.4 Å². The van der Waals surface area contributed by atoms with Crippen molar-refractivity contribution in [1.82, 2.24) is 16.2 Å². The third-order valence-corrected chi connectivity index (χ3v) is 4.32. The summed E-state index contributed by atoms with van der Waals surface area (Å²) in [6, 6.07) is 12.8. The van der Waals surface area contributed by atoms with Gasteiger partial charge in [-0.15, -0.1) is 0 Å². The molecule has 2 aromatic rings. The van der Waals surface area contributed by atoms with Crippen molar-refractivity contribution in [2.75, 3.05) is 0 Å². The van der Waals surface area contributed by atoms with E-state index in [2.05, 4.69) is 48.0 Å². The first-order valence-electron chi connectivity index (χ1n) is 6.53. The van der Waals surface area contributed by atoms with E-state index in [1.54, 1.807) is 0 Å². The number of phenols is 1. The Morgan fingerprint density at radius 1 is 1.09 bits per heavy atom. The highest BCUT2D eigenvalue weighted by Gasteiger charge is 2.11. The maximum atomic E-state index is 12.1. The molecule has 2 aromatic carbocycles. The Labute approximate surface area is 155 Å². The molecule has 0 aliphatic rings. The van der Waals surface area contributed by atoms with Crippen LogP contribution in [-0.4, -0.2) is 16.1 Å². The van der Waals surface area contributed by atoms with Gasteiger partial charge in [0, 0.05) is 12.1 Å². The predicted molar refractivity (Wildman–Crippen MR) is 100.0 cm³/mol. The average molecular weight is 459 g/mol. The molecule has 120 valence electrons. The summed E-state index contributed by atoms with van der Waals surface area (Å²) in [5.74, 6) is -0.343. The predicted octanol–water partition coefficient (Wildman–Crippen LogP) is 3.23. The molecule has 0 spiro atoms. The van der Waals surface area contributed by atoms with Crippen LogP contribution in [0.3, 0.4) is 0 Å². The minimum absolute atomic E-state index is 0.0366. The first-order valence-corrected chi connectivity index (χ1v) is 8.53. The van der Waals surface area contributed by atoms with Crippen molar-refractivity contribution < 1.29 is 9.90 Å². The molecule has 0 atom stereocenters. The maximum absolute atomic E-state index is 12.1. The molecule has 0 aliphatic heterocycles. The minimum Gasteiger partial charge on any atom is -0.506 e. The first-order chi connectivity index (χ1) is 11.0. The second-order valence-electron chi connectivity index (χ2n) is 4.54. The Kier molecular flexibility index (Phi) is 6.37. The molecule has 5 nitrogen and oxygen atoms in total. The Balaban J connectivity index is 1.85. The lowest BCUT2D eigenvalue weighted by molar-refractivity contribution is 0.0943. The van der Waals surface area contributed by atoms with Crippen molar-refractivity contribution >= 4 is 55.1 Å². The Morgan fingerprint density at radius 2 is 1.70 bits per heavy atom. The van der Waals surface area contributed by atoms with Crippen LogP contribution in [0.15, 0.2) is 51.4 Å². The van der Waals surface area contributed by atoms with Gasteiger partial charge in [-0.25, -0.2) is 0 Å². The van der Waals surface area contributed by atoms with E-state index in [9.17, 15) is 9.90 Å². The summed E-state index contributed by atoms with van der Waals surface area (Å²) < 4.78 is 0.837. The fraction of sp³-hybridized carbons (Fsp3) is 0.0667. The van der Waals surface area contributed by atoms with E-state index in [1.165, 1.54) is 12.1 Å². The number of carbonyl (C=O) groups excluding carboxylic acids is 1. The van der Waals surface area contributed by atoms with Crippen molar-refractivity contribution in [3.05, 3.63) is 62.5 Å². The molecular formula is C15H13Br2N3O2S. The third kappa shape index (κ3) is 5.19. The number of benzene rings is 2. The lowest BCUT2D eigenvalue weighted by atomic mass is 10.2. The summed E-state index contributed by atoms with van der Waals surface area (Å²) in [4.78, 5) is 12.1. The van der Waals surface area contributed by atoms with E-state index in [0.29, 0.717) is 26.2 Å². The molecule has 0 unspecified atom stereocenters. The molecule has 23 heavy (non-hydrogen) atoms. The highest BCUT2D eigenvalue weighted by atomic mass is 79.9. The summed E-state index contributed by atoms with van der Waals surface area (Å²) in [6.07, 6.45) is 0. The number of amides is 1. The number of halogens is 2. The summed E-state index contributed by atoms with van der Waals surface area (Å²) in [7, 11) is 0. The monoisotopic (exact) mass is 457 g/mol. The topological polar surface area (TPSA) is 73.4 Å². The Bertz CT molecular complexity index is 703. The SMILES string of the molecule is O=C(NNC(=S)NCc1ccccc1)c1cc(Br)c(O)c(Br)c1. The van der Waals surface area contributed by atoms with Gasteiger partial charge in [-0.1, -0.05) is 30.3 Å². The molecule has 0 saturated carbocycles. The van der Waals surface area contributed by atoms with Crippen LogP contribution in [-0.2, 0) is 6.54 Å². The molecule has 4 N–H and O–H groups in total. The lowest BCUT2D eigenvalue weighted by Gasteiger charge is -2.12. The van der Waals surface area contributed by atoms with Crippen molar-refractivity contribution in [3.8, 4) is 5.75 Å². The van der Waals surface area contributed by atoms with Crippen LogP contribution in [0.5, 0.6) is 5.75 Å². The molecule has 0 aliphatic carbocycles. The number of hydrazine groups is 1. The number of hydrogen-bond acceptors (Lipinski definition) is 3. The fourth-order valence-electron chi connectivity index (χ4n) is 1.70. The smallest absolute Gasteiger partial charge is 0.269 e. The van der Waals surface area contributed by atoms with Gasteiger partial charge in [-0.05, 0) is 61.8 Å². The standard InChI is InChI=1S/C15H13Br2N3O2S/c16-11-6-10(7-12(17)13(11)21)14(22)19-20-15(23)18-8-9-4-2-1-3-5-9/h1-7,21H,8H2,(H,19,22)(H2,18,20,23). The average Bonchev–Trinajstić information content (AvgIpc) is 2.56. The number of phenolic OH excluding ortho intramolecular Hbond substituents is 1. The molecule has 8 heteroatoms. The third-order valence-electron chi connectivity index (χ3n) is 2.86. The van der Waals surface area contributed by atoms with Gasteiger partial charge in [-0.3, -0.25) is 15.6 Å². The normalized spacial score (nSPS) is 10.0. The van der Waals surface area contributed by atoms with Gasteiger partial charge in [-0.2, -0.15) is 0 Å². The highest BCUT2D eigenvalue weighted by Crippen LogP contribution is 2.33. The summed E-state index contributed by atoms with van der Waals surface area (Å²) in [6.45, 7) is 0.554. The summed E-state index contributed by atoms with van der Waals surface area (Å²) >= 11 is 11.5. The molecule has 0 heterocycles. The van der Waals surface area contributed by atoms with Gasteiger partial charge in [0.05, 0.1) is 8.95 Å². The van der Waals surface area contributed by atoms with E-state index in [-0.39, 0.29) is 11.7 Å². The van der Waals surface area contributed by atoms with Gasteiger partial charge in [0.15, 0.2) is 5.11 Å². The zero-order valence-electron chi connectivity index (χ0n) is 11.8. The van der Waals surface area contributed by atoms with Gasteiger partial charge in [0.2, 0.25) is 0 Å². The molecule has 2 rings (SSSR count). The van der Waals surface area contributed by atoms with Gasteiger partial charge >= 0.3 is 0 Å². The number of thiocarbonyl (C=S) groups is 1. The van der Waals surface area contributed by atoms with Crippen molar-refractivity contribution in [2.45, 2.75) is 6.54 Å². The molecule has 0 aromatic heterocycles. The second-order valence-corrected chi connectivity index (χ2v) is 6.65. The quantitative estimate of drug-likeness (QED) is 0.419. The molecule has 0 fully saturated rings. The van der Waals surface area contributed by atoms with Crippen LogP contribution in [0.2, 0.25) is 0 Å². The number of aromatic hydroxyl groups is 1. The zero-order chi connectivity index (χ0) is 16.8. The van der Waals surface area contributed by atoms with E-state index >= 15 is 0 Å². The number of nitrogens with one attached hydrogen (secondary N) is 3. The maximum Gasteiger partial charge on any atom is 0.269 e. The van der Waals surface area contributed by atoms with Crippen LogP contribution in [0.4, 0.5) is 0 Å². The molecule has 0 saturated heterocycles. The molecule has 0 radical (unpaired) electrons. The Morgan fingerprint density at radius 3 is 2.30 bits per heavy atom. The van der Waals surface area contributed by atoms with Crippen molar-refractivity contribution in [3.63, 3.8) is 0 Å². The summed E-state index contributed by atoms with van der Waals surface area (Å²) in [5, 5.41) is 12.9. The van der Waals surface area contributed by atoms with Crippen molar-refractivity contribution in [1.29, 1.82) is 0 Å². The number of rotatable bonds is 3. The highest BCUT2D eigenvalue weighted by molar-refractivity contribution is 9.11. The van der Waals surface area contributed by atoms with E-state index in [1.807, 2.05) is 30.3 Å². The van der Waals surface area contributed by atoms with Gasteiger partial charge in [0.25, 0.3) is 5.91 Å². The summed E-state index contributed by atoms with van der Waals surface area (Å²) in [5.41, 5.74) is 6.56. The molecule has 1 amide bonds.